The molecule has 1 heterocycles. The zero-order chi connectivity index (χ0) is 26.2. The minimum atomic E-state index is 0.180. The fourth-order valence-corrected chi connectivity index (χ4v) is 6.83. The fourth-order valence-electron chi connectivity index (χ4n) is 5.74. The maximum Gasteiger partial charge on any atom is 0.0566 e. The third-order valence-electron chi connectivity index (χ3n) is 7.70. The van der Waals surface area contributed by atoms with Gasteiger partial charge in [0.2, 0.25) is 0 Å². The van der Waals surface area contributed by atoms with Crippen LogP contribution in [0.5, 0.6) is 0 Å². The number of benzene rings is 5. The van der Waals surface area contributed by atoms with Gasteiger partial charge in [0.15, 0.2) is 0 Å². The van der Waals surface area contributed by atoms with E-state index < -0.39 is 0 Å². The number of hydrogen-bond donors (Lipinski definition) is 0. The van der Waals surface area contributed by atoms with E-state index in [1.54, 1.807) is 0 Å². The number of thiophene rings is 1. The number of rotatable bonds is 5. The van der Waals surface area contributed by atoms with Gasteiger partial charge < -0.3 is 4.90 Å². The third-order valence-corrected chi connectivity index (χ3v) is 8.85. The van der Waals surface area contributed by atoms with E-state index in [4.69, 9.17) is 0 Å². The molecule has 2 heteroatoms. The van der Waals surface area contributed by atoms with Gasteiger partial charge >= 0.3 is 0 Å². The van der Waals surface area contributed by atoms with Crippen molar-refractivity contribution in [2.75, 3.05) is 4.90 Å². The SMILES string of the molecule is Cc1ccc(-c2ccccc2N(c2ccc3sc4ccccc4c3c2)C2C=CC=C(c3ccccc3)C2)cc1. The third kappa shape index (κ3) is 4.47. The molecule has 0 spiro atoms. The molecule has 0 N–H and O–H groups in total. The van der Waals surface area contributed by atoms with Crippen molar-refractivity contribution >= 4 is 48.5 Å². The van der Waals surface area contributed by atoms with Crippen LogP contribution in [0.2, 0.25) is 0 Å². The van der Waals surface area contributed by atoms with Crippen LogP contribution in [0.1, 0.15) is 17.5 Å². The molecule has 1 aliphatic rings. The predicted octanol–water partition coefficient (Wildman–Crippen LogP) is 10.6. The molecule has 5 aromatic carbocycles. The molecule has 7 rings (SSSR count). The highest BCUT2D eigenvalue weighted by atomic mass is 32.1. The van der Waals surface area contributed by atoms with Crippen LogP contribution in [0, 0.1) is 6.92 Å². The largest absolute Gasteiger partial charge is 0.334 e. The molecule has 0 aliphatic heterocycles. The van der Waals surface area contributed by atoms with Crippen LogP contribution in [0.15, 0.2) is 140 Å². The lowest BCUT2D eigenvalue weighted by molar-refractivity contribution is 0.796. The summed E-state index contributed by atoms with van der Waals surface area (Å²) in [6.07, 6.45) is 7.79. The molecular formula is C37H29NS. The summed E-state index contributed by atoms with van der Waals surface area (Å²) in [6.45, 7) is 2.15. The van der Waals surface area contributed by atoms with Gasteiger partial charge in [-0.15, -0.1) is 11.3 Å². The first-order chi connectivity index (χ1) is 19.2. The van der Waals surface area contributed by atoms with E-state index in [1.165, 1.54) is 59.4 Å². The minimum absolute atomic E-state index is 0.180. The number of fused-ring (bicyclic) bond motifs is 3. The summed E-state index contributed by atoms with van der Waals surface area (Å²) in [5.74, 6) is 0. The average Bonchev–Trinajstić information content (AvgIpc) is 3.37. The fraction of sp³-hybridized carbons (Fsp3) is 0.0811. The summed E-state index contributed by atoms with van der Waals surface area (Å²) >= 11 is 1.87. The van der Waals surface area contributed by atoms with E-state index in [0.29, 0.717) is 0 Å². The lowest BCUT2D eigenvalue weighted by Crippen LogP contribution is -2.31. The summed E-state index contributed by atoms with van der Waals surface area (Å²) in [5, 5.41) is 2.65. The van der Waals surface area contributed by atoms with Crippen LogP contribution >= 0.6 is 11.3 Å². The maximum absolute atomic E-state index is 2.55. The number of nitrogens with zero attached hydrogens (tertiary/aromatic N) is 1. The maximum atomic E-state index is 2.55. The van der Waals surface area contributed by atoms with Crippen molar-refractivity contribution < 1.29 is 0 Å². The Morgan fingerprint density at radius 1 is 0.667 bits per heavy atom. The first kappa shape index (κ1) is 23.7. The highest BCUT2D eigenvalue weighted by Gasteiger charge is 2.25. The Balaban J connectivity index is 1.40. The van der Waals surface area contributed by atoms with E-state index in [9.17, 15) is 0 Å². The quantitative estimate of drug-likeness (QED) is 0.219. The summed E-state index contributed by atoms with van der Waals surface area (Å²) in [4.78, 5) is 2.55. The van der Waals surface area contributed by atoms with Gasteiger partial charge in [-0.05, 0) is 60.4 Å². The highest BCUT2D eigenvalue weighted by Crippen LogP contribution is 2.43. The molecule has 6 aromatic rings. The van der Waals surface area contributed by atoms with Crippen molar-refractivity contribution in [3.8, 4) is 11.1 Å². The topological polar surface area (TPSA) is 3.24 Å². The van der Waals surface area contributed by atoms with Crippen LogP contribution in [0.3, 0.4) is 0 Å². The van der Waals surface area contributed by atoms with Gasteiger partial charge in [0.1, 0.15) is 0 Å². The summed E-state index contributed by atoms with van der Waals surface area (Å²) in [6, 6.07) is 44.5. The zero-order valence-electron chi connectivity index (χ0n) is 21.9. The second-order valence-electron chi connectivity index (χ2n) is 10.2. The molecule has 1 atom stereocenters. The Hall–Kier alpha value is -4.40. The van der Waals surface area contributed by atoms with Gasteiger partial charge in [-0.25, -0.2) is 0 Å². The lowest BCUT2D eigenvalue weighted by Gasteiger charge is -2.35. The lowest BCUT2D eigenvalue weighted by atomic mass is 9.92. The molecule has 0 bridgehead atoms. The van der Waals surface area contributed by atoms with Crippen molar-refractivity contribution in [2.45, 2.75) is 19.4 Å². The Kier molecular flexibility index (Phi) is 6.11. The van der Waals surface area contributed by atoms with Crippen LogP contribution in [0.4, 0.5) is 11.4 Å². The van der Waals surface area contributed by atoms with E-state index in [0.717, 1.165) is 6.42 Å². The van der Waals surface area contributed by atoms with Crippen LogP contribution in [-0.2, 0) is 0 Å². The van der Waals surface area contributed by atoms with E-state index in [-0.39, 0.29) is 6.04 Å². The van der Waals surface area contributed by atoms with E-state index >= 15 is 0 Å². The Labute approximate surface area is 234 Å². The Morgan fingerprint density at radius 3 is 2.28 bits per heavy atom. The molecule has 0 saturated heterocycles. The van der Waals surface area contributed by atoms with Crippen molar-refractivity contribution in [1.29, 1.82) is 0 Å². The smallest absolute Gasteiger partial charge is 0.0566 e. The molecule has 0 radical (unpaired) electrons. The van der Waals surface area contributed by atoms with Crippen molar-refractivity contribution in [1.82, 2.24) is 0 Å². The molecule has 188 valence electrons. The Morgan fingerprint density at radius 2 is 1.41 bits per heavy atom. The molecule has 39 heavy (non-hydrogen) atoms. The molecular weight excluding hydrogens is 490 g/mol. The molecule has 0 fully saturated rings. The second-order valence-corrected chi connectivity index (χ2v) is 11.3. The van der Waals surface area contributed by atoms with E-state index in [1.807, 2.05) is 11.3 Å². The molecule has 1 aliphatic carbocycles. The van der Waals surface area contributed by atoms with Gasteiger partial charge in [-0.1, -0.05) is 115 Å². The van der Waals surface area contributed by atoms with Gasteiger partial charge in [0.05, 0.1) is 6.04 Å². The first-order valence-electron chi connectivity index (χ1n) is 13.5. The van der Waals surface area contributed by atoms with Crippen LogP contribution < -0.4 is 4.90 Å². The highest BCUT2D eigenvalue weighted by molar-refractivity contribution is 7.25. The second kappa shape index (κ2) is 10.1. The molecule has 0 amide bonds. The molecule has 1 unspecified atom stereocenters. The van der Waals surface area contributed by atoms with Crippen LogP contribution in [-0.4, -0.2) is 6.04 Å². The number of allylic oxidation sites excluding steroid dienone is 2. The first-order valence-corrected chi connectivity index (χ1v) is 14.4. The van der Waals surface area contributed by atoms with Crippen molar-refractivity contribution in [3.63, 3.8) is 0 Å². The van der Waals surface area contributed by atoms with Gasteiger partial charge in [-0.3, -0.25) is 0 Å². The molecule has 1 aromatic heterocycles. The van der Waals surface area contributed by atoms with Gasteiger partial charge in [0, 0.05) is 37.1 Å². The number of aryl methyl sites for hydroxylation is 1. The average molecular weight is 520 g/mol. The van der Waals surface area contributed by atoms with Crippen LogP contribution in [0.25, 0.3) is 36.9 Å². The summed E-state index contributed by atoms with van der Waals surface area (Å²) in [7, 11) is 0. The number of hydrogen-bond acceptors (Lipinski definition) is 2. The van der Waals surface area contributed by atoms with Gasteiger partial charge in [-0.2, -0.15) is 0 Å². The van der Waals surface area contributed by atoms with Crippen molar-refractivity contribution in [3.05, 3.63) is 151 Å². The number of para-hydroxylation sites is 1. The Bertz CT molecular complexity index is 1840. The van der Waals surface area contributed by atoms with Crippen molar-refractivity contribution in [2.24, 2.45) is 0 Å². The van der Waals surface area contributed by atoms with E-state index in [2.05, 4.69) is 151 Å². The zero-order valence-corrected chi connectivity index (χ0v) is 22.7. The minimum Gasteiger partial charge on any atom is -0.334 e. The molecule has 1 nitrogen and oxygen atoms in total. The normalized spacial score (nSPS) is 15.0. The summed E-state index contributed by atoms with van der Waals surface area (Å²) in [5.41, 5.74) is 8.86. The molecule has 0 saturated carbocycles. The van der Waals surface area contributed by atoms with Gasteiger partial charge in [0.25, 0.3) is 0 Å². The summed E-state index contributed by atoms with van der Waals surface area (Å²) < 4.78 is 2.67. The predicted molar refractivity (Wildman–Crippen MR) is 170 cm³/mol. The standard InChI is InChI=1S/C37H29NS/c1-26-18-20-28(21-19-26)32-14-5-7-16-35(32)38(30-13-9-12-29(24-30)27-10-3-2-4-11-27)31-22-23-37-34(25-31)33-15-6-8-17-36(33)39-37/h2-23,25,30H,24H2,1H3. The monoisotopic (exact) mass is 519 g/mol. The number of anilines is 2.